The third-order valence-corrected chi connectivity index (χ3v) is 4.66. The fourth-order valence-corrected chi connectivity index (χ4v) is 3.48. The van der Waals surface area contributed by atoms with Crippen molar-refractivity contribution in [2.24, 2.45) is 11.7 Å². The molecule has 0 bridgehead atoms. The summed E-state index contributed by atoms with van der Waals surface area (Å²) in [7, 11) is -1.91. The zero-order valence-corrected chi connectivity index (χ0v) is 14.1. The zero-order valence-electron chi connectivity index (χ0n) is 12.5. The standard InChI is InChI=1S/C14H22N2O3S2/c1-10(2)13(8-19-3)16-21(17,18)9-11-5-4-6-12(7-11)14(15)20/h4-7,10,13,16H,8-9H2,1-3H3,(H2,15,20). The molecule has 0 amide bonds. The Morgan fingerprint density at radius 2 is 2.10 bits per heavy atom. The van der Waals surface area contributed by atoms with Crippen LogP contribution in [0, 0.1) is 5.92 Å². The van der Waals surface area contributed by atoms with Gasteiger partial charge in [-0.05, 0) is 17.5 Å². The van der Waals surface area contributed by atoms with Crippen LogP contribution in [0.5, 0.6) is 0 Å². The lowest BCUT2D eigenvalue weighted by molar-refractivity contribution is 0.157. The van der Waals surface area contributed by atoms with Crippen molar-refractivity contribution in [3.8, 4) is 0 Å². The number of sulfonamides is 1. The number of nitrogens with two attached hydrogens (primary N) is 1. The SMILES string of the molecule is COCC(NS(=O)(=O)Cc1cccc(C(N)=S)c1)C(C)C. The molecule has 0 aliphatic rings. The Bertz CT molecular complexity index is 586. The third-order valence-electron chi connectivity index (χ3n) is 3.05. The second-order valence-corrected chi connectivity index (χ2v) is 7.44. The lowest BCUT2D eigenvalue weighted by Gasteiger charge is -2.21. The molecule has 1 atom stereocenters. The van der Waals surface area contributed by atoms with Gasteiger partial charge in [0.05, 0.1) is 12.4 Å². The summed E-state index contributed by atoms with van der Waals surface area (Å²) >= 11 is 4.90. The quantitative estimate of drug-likeness (QED) is 0.704. The van der Waals surface area contributed by atoms with Crippen molar-refractivity contribution in [1.29, 1.82) is 0 Å². The first-order valence-electron chi connectivity index (χ1n) is 6.63. The zero-order chi connectivity index (χ0) is 16.0. The van der Waals surface area contributed by atoms with Gasteiger partial charge in [0, 0.05) is 18.7 Å². The summed E-state index contributed by atoms with van der Waals surface area (Å²) in [6, 6.07) is 6.69. The number of hydrogen-bond donors (Lipinski definition) is 2. The van der Waals surface area contributed by atoms with Crippen molar-refractivity contribution in [3.63, 3.8) is 0 Å². The molecule has 1 unspecified atom stereocenters. The van der Waals surface area contributed by atoms with Gasteiger partial charge in [0.2, 0.25) is 10.0 Å². The summed E-state index contributed by atoms with van der Waals surface area (Å²) in [4.78, 5) is 0.252. The molecule has 5 nitrogen and oxygen atoms in total. The molecule has 1 aromatic rings. The normalized spacial score (nSPS) is 13.3. The van der Waals surface area contributed by atoms with Gasteiger partial charge in [0.25, 0.3) is 0 Å². The molecule has 7 heteroatoms. The van der Waals surface area contributed by atoms with Crippen molar-refractivity contribution in [3.05, 3.63) is 35.4 Å². The summed E-state index contributed by atoms with van der Waals surface area (Å²) in [6.45, 7) is 4.23. The number of methoxy groups -OCH3 is 1. The van der Waals surface area contributed by atoms with E-state index in [9.17, 15) is 8.42 Å². The molecule has 118 valence electrons. The molecule has 3 N–H and O–H groups in total. The van der Waals surface area contributed by atoms with E-state index in [0.717, 1.165) is 0 Å². The number of thiocarbonyl (C=S) groups is 1. The molecule has 0 aromatic heterocycles. The minimum absolute atomic E-state index is 0.115. The van der Waals surface area contributed by atoms with E-state index in [0.29, 0.717) is 17.7 Å². The van der Waals surface area contributed by atoms with Crippen LogP contribution in [0.4, 0.5) is 0 Å². The Hall–Kier alpha value is -1.02. The molecular formula is C14H22N2O3S2. The summed E-state index contributed by atoms with van der Waals surface area (Å²) < 4.78 is 32.2. The Morgan fingerprint density at radius 1 is 1.43 bits per heavy atom. The third kappa shape index (κ3) is 6.09. The molecule has 0 saturated carbocycles. The van der Waals surface area contributed by atoms with Crippen LogP contribution in [-0.4, -0.2) is 33.2 Å². The highest BCUT2D eigenvalue weighted by molar-refractivity contribution is 7.88. The van der Waals surface area contributed by atoms with E-state index in [-0.39, 0.29) is 22.7 Å². The highest BCUT2D eigenvalue weighted by Gasteiger charge is 2.21. The second kappa shape index (κ2) is 7.84. The van der Waals surface area contributed by atoms with Gasteiger partial charge in [-0.15, -0.1) is 0 Å². The highest BCUT2D eigenvalue weighted by atomic mass is 32.2. The van der Waals surface area contributed by atoms with Crippen LogP contribution in [0.25, 0.3) is 0 Å². The van der Waals surface area contributed by atoms with Crippen molar-refractivity contribution in [2.75, 3.05) is 13.7 Å². The fraction of sp³-hybridized carbons (Fsp3) is 0.500. The number of hydrogen-bond acceptors (Lipinski definition) is 4. The van der Waals surface area contributed by atoms with Crippen LogP contribution in [0.15, 0.2) is 24.3 Å². The van der Waals surface area contributed by atoms with Gasteiger partial charge in [-0.3, -0.25) is 0 Å². The van der Waals surface area contributed by atoms with Gasteiger partial charge < -0.3 is 10.5 Å². The average Bonchev–Trinajstić information content (AvgIpc) is 2.37. The van der Waals surface area contributed by atoms with Crippen molar-refractivity contribution in [1.82, 2.24) is 4.72 Å². The minimum atomic E-state index is -3.46. The van der Waals surface area contributed by atoms with Crippen LogP contribution in [-0.2, 0) is 20.5 Å². The van der Waals surface area contributed by atoms with E-state index in [1.54, 1.807) is 31.4 Å². The Labute approximate surface area is 131 Å². The van der Waals surface area contributed by atoms with Crippen LogP contribution in [0.2, 0.25) is 0 Å². The van der Waals surface area contributed by atoms with E-state index in [2.05, 4.69) is 4.72 Å². The molecule has 0 aliphatic heterocycles. The van der Waals surface area contributed by atoms with Crippen molar-refractivity contribution < 1.29 is 13.2 Å². The smallest absolute Gasteiger partial charge is 0.216 e. The first-order valence-corrected chi connectivity index (χ1v) is 8.69. The van der Waals surface area contributed by atoms with Crippen LogP contribution in [0.1, 0.15) is 25.0 Å². The molecule has 0 fully saturated rings. The van der Waals surface area contributed by atoms with Crippen molar-refractivity contribution >= 4 is 27.2 Å². The van der Waals surface area contributed by atoms with Gasteiger partial charge in [0.1, 0.15) is 4.99 Å². The summed E-state index contributed by atoms with van der Waals surface area (Å²) in [5.41, 5.74) is 6.86. The number of benzene rings is 1. The summed E-state index contributed by atoms with van der Waals surface area (Å²) in [6.07, 6.45) is 0. The summed E-state index contributed by atoms with van der Waals surface area (Å²) in [5, 5.41) is 0. The lowest BCUT2D eigenvalue weighted by atomic mass is 10.1. The van der Waals surface area contributed by atoms with E-state index in [4.69, 9.17) is 22.7 Å². The van der Waals surface area contributed by atoms with Gasteiger partial charge in [-0.2, -0.15) is 0 Å². The molecule has 0 saturated heterocycles. The molecule has 0 spiro atoms. The highest BCUT2D eigenvalue weighted by Crippen LogP contribution is 2.11. The summed E-state index contributed by atoms with van der Waals surface area (Å²) in [5.74, 6) is 0.0267. The minimum Gasteiger partial charge on any atom is -0.389 e. The average molecular weight is 330 g/mol. The molecular weight excluding hydrogens is 308 g/mol. The Kier molecular flexibility index (Phi) is 6.73. The van der Waals surface area contributed by atoms with Crippen molar-refractivity contribution in [2.45, 2.75) is 25.6 Å². The first kappa shape index (κ1) is 18.0. The molecule has 1 rings (SSSR count). The van der Waals surface area contributed by atoms with Gasteiger partial charge in [-0.1, -0.05) is 44.3 Å². The van der Waals surface area contributed by atoms with E-state index >= 15 is 0 Å². The Balaban J connectivity index is 2.84. The molecule has 0 heterocycles. The molecule has 0 aliphatic carbocycles. The number of rotatable bonds is 8. The molecule has 0 radical (unpaired) electrons. The number of nitrogens with one attached hydrogen (secondary N) is 1. The van der Waals surface area contributed by atoms with E-state index in [1.807, 2.05) is 13.8 Å². The second-order valence-electron chi connectivity index (χ2n) is 5.25. The van der Waals surface area contributed by atoms with Crippen LogP contribution >= 0.6 is 12.2 Å². The largest absolute Gasteiger partial charge is 0.389 e. The maximum Gasteiger partial charge on any atom is 0.216 e. The topological polar surface area (TPSA) is 81.4 Å². The van der Waals surface area contributed by atoms with Crippen LogP contribution < -0.4 is 10.5 Å². The maximum absolute atomic E-state index is 12.2. The number of ether oxygens (including phenoxy) is 1. The van der Waals surface area contributed by atoms with Gasteiger partial charge in [0.15, 0.2) is 0 Å². The predicted octanol–water partition coefficient (Wildman–Crippen LogP) is 1.41. The van der Waals surface area contributed by atoms with E-state index < -0.39 is 10.0 Å². The van der Waals surface area contributed by atoms with Gasteiger partial charge in [-0.25, -0.2) is 13.1 Å². The first-order chi connectivity index (χ1) is 9.75. The fourth-order valence-electron chi connectivity index (χ4n) is 1.85. The molecule has 21 heavy (non-hydrogen) atoms. The maximum atomic E-state index is 12.2. The monoisotopic (exact) mass is 330 g/mol. The van der Waals surface area contributed by atoms with Crippen LogP contribution in [0.3, 0.4) is 0 Å². The Morgan fingerprint density at radius 3 is 2.62 bits per heavy atom. The van der Waals surface area contributed by atoms with E-state index in [1.165, 1.54) is 0 Å². The lowest BCUT2D eigenvalue weighted by Crippen LogP contribution is -2.42. The molecule has 1 aromatic carbocycles. The predicted molar refractivity (Wildman–Crippen MR) is 88.6 cm³/mol. The van der Waals surface area contributed by atoms with Gasteiger partial charge >= 0.3 is 0 Å².